The molecule has 1 N–H and O–H groups in total. The standard InChI is InChI=1S/C20H17ClN6O2S/c1-2-27-18(24-25-26-27)11-29-16-9-5-14(6-10-16)19(28)23-20-22-17(12-30-20)13-3-7-15(21)8-4-13/h3-10,12H,2,11H2,1H3,(H,22,23,28). The van der Waals surface area contributed by atoms with E-state index >= 15 is 0 Å². The molecule has 0 radical (unpaired) electrons. The molecular weight excluding hydrogens is 424 g/mol. The fraction of sp³-hybridized carbons (Fsp3) is 0.150. The van der Waals surface area contributed by atoms with Crippen molar-refractivity contribution in [1.82, 2.24) is 25.2 Å². The van der Waals surface area contributed by atoms with Crippen LogP contribution in [0.15, 0.2) is 53.9 Å². The number of tetrazole rings is 1. The third-order valence-electron chi connectivity index (χ3n) is 4.25. The van der Waals surface area contributed by atoms with Crippen molar-refractivity contribution in [2.45, 2.75) is 20.1 Å². The van der Waals surface area contributed by atoms with Crippen LogP contribution in [0.25, 0.3) is 11.3 Å². The zero-order valence-electron chi connectivity index (χ0n) is 15.9. The summed E-state index contributed by atoms with van der Waals surface area (Å²) in [5.74, 6) is 1.02. The number of carbonyl (C=O) groups is 1. The molecule has 8 nitrogen and oxygen atoms in total. The summed E-state index contributed by atoms with van der Waals surface area (Å²) in [7, 11) is 0. The maximum Gasteiger partial charge on any atom is 0.257 e. The molecule has 0 aliphatic heterocycles. The van der Waals surface area contributed by atoms with Gasteiger partial charge in [0, 0.05) is 28.1 Å². The van der Waals surface area contributed by atoms with Gasteiger partial charge in [0.15, 0.2) is 11.0 Å². The topological polar surface area (TPSA) is 94.8 Å². The Labute approximate surface area is 181 Å². The minimum absolute atomic E-state index is 0.242. The molecule has 0 fully saturated rings. The van der Waals surface area contributed by atoms with Gasteiger partial charge in [0.05, 0.1) is 5.69 Å². The second kappa shape index (κ2) is 9.02. The summed E-state index contributed by atoms with van der Waals surface area (Å²) in [5.41, 5.74) is 2.22. The maximum atomic E-state index is 12.5. The predicted octanol–water partition coefficient (Wildman–Crippen LogP) is 4.30. The van der Waals surface area contributed by atoms with Crippen LogP contribution in [0.5, 0.6) is 5.75 Å². The number of aromatic nitrogens is 5. The predicted molar refractivity (Wildman–Crippen MR) is 115 cm³/mol. The molecule has 10 heteroatoms. The largest absolute Gasteiger partial charge is 0.486 e. The van der Waals surface area contributed by atoms with Gasteiger partial charge in [-0.05, 0) is 53.7 Å². The van der Waals surface area contributed by atoms with Gasteiger partial charge in [-0.15, -0.1) is 16.4 Å². The van der Waals surface area contributed by atoms with E-state index < -0.39 is 0 Å². The minimum Gasteiger partial charge on any atom is -0.486 e. The van der Waals surface area contributed by atoms with Gasteiger partial charge < -0.3 is 4.74 Å². The number of ether oxygens (including phenoxy) is 1. The van der Waals surface area contributed by atoms with Crippen molar-refractivity contribution in [3.05, 3.63) is 70.3 Å². The first kappa shape index (κ1) is 20.0. The highest BCUT2D eigenvalue weighted by atomic mass is 35.5. The smallest absolute Gasteiger partial charge is 0.257 e. The number of thiazole rings is 1. The van der Waals surface area contributed by atoms with Crippen LogP contribution in [0, 0.1) is 0 Å². The first-order valence-electron chi connectivity index (χ1n) is 9.13. The zero-order chi connectivity index (χ0) is 20.9. The van der Waals surface area contributed by atoms with E-state index in [0.717, 1.165) is 11.3 Å². The van der Waals surface area contributed by atoms with E-state index in [1.54, 1.807) is 41.1 Å². The highest BCUT2D eigenvalue weighted by molar-refractivity contribution is 7.14. The molecule has 0 aliphatic carbocycles. The third-order valence-corrected chi connectivity index (χ3v) is 5.26. The lowest BCUT2D eigenvalue weighted by Crippen LogP contribution is -2.11. The Bertz CT molecular complexity index is 1140. The minimum atomic E-state index is -0.242. The van der Waals surface area contributed by atoms with E-state index in [-0.39, 0.29) is 12.5 Å². The first-order valence-corrected chi connectivity index (χ1v) is 10.4. The number of anilines is 1. The van der Waals surface area contributed by atoms with Gasteiger partial charge in [-0.2, -0.15) is 0 Å². The summed E-state index contributed by atoms with van der Waals surface area (Å²) in [6, 6.07) is 14.2. The average molecular weight is 441 g/mol. The number of nitrogens with one attached hydrogen (secondary N) is 1. The Morgan fingerprint density at radius 1 is 1.17 bits per heavy atom. The van der Waals surface area contributed by atoms with Crippen molar-refractivity contribution in [3.8, 4) is 17.0 Å². The molecule has 0 saturated heterocycles. The summed E-state index contributed by atoms with van der Waals surface area (Å²) in [6.07, 6.45) is 0. The van der Waals surface area contributed by atoms with Crippen LogP contribution in [0.1, 0.15) is 23.1 Å². The molecule has 0 bridgehead atoms. The number of aryl methyl sites for hydroxylation is 1. The summed E-state index contributed by atoms with van der Waals surface area (Å²) in [5, 5.41) is 17.3. The van der Waals surface area contributed by atoms with Gasteiger partial charge in [-0.25, -0.2) is 9.67 Å². The summed E-state index contributed by atoms with van der Waals surface area (Å²) < 4.78 is 7.35. The Kier molecular flexibility index (Phi) is 6.01. The van der Waals surface area contributed by atoms with Crippen LogP contribution in [0.4, 0.5) is 5.13 Å². The summed E-state index contributed by atoms with van der Waals surface area (Å²) in [4.78, 5) is 17.0. The van der Waals surface area contributed by atoms with Crippen molar-refractivity contribution in [2.75, 3.05) is 5.32 Å². The molecule has 2 aromatic heterocycles. The molecule has 2 aromatic carbocycles. The highest BCUT2D eigenvalue weighted by Gasteiger charge is 2.11. The normalized spacial score (nSPS) is 10.7. The molecule has 0 saturated carbocycles. The molecule has 1 amide bonds. The molecule has 4 rings (SSSR count). The molecule has 0 atom stereocenters. The fourth-order valence-corrected chi connectivity index (χ4v) is 3.52. The van der Waals surface area contributed by atoms with Gasteiger partial charge in [-0.1, -0.05) is 23.7 Å². The van der Waals surface area contributed by atoms with Crippen molar-refractivity contribution >= 4 is 34.0 Å². The molecule has 30 heavy (non-hydrogen) atoms. The molecule has 2 heterocycles. The SMILES string of the molecule is CCn1nnnc1COc1ccc(C(=O)Nc2nc(-c3ccc(Cl)cc3)cs2)cc1. The lowest BCUT2D eigenvalue weighted by atomic mass is 10.2. The number of carbonyl (C=O) groups excluding carboxylic acids is 1. The lowest BCUT2D eigenvalue weighted by molar-refractivity contribution is 0.102. The summed E-state index contributed by atoms with van der Waals surface area (Å²) in [6.45, 7) is 2.87. The molecule has 0 aliphatic rings. The van der Waals surface area contributed by atoms with Gasteiger partial charge >= 0.3 is 0 Å². The monoisotopic (exact) mass is 440 g/mol. The third kappa shape index (κ3) is 4.64. The highest BCUT2D eigenvalue weighted by Crippen LogP contribution is 2.26. The fourth-order valence-electron chi connectivity index (χ4n) is 2.68. The molecule has 0 unspecified atom stereocenters. The van der Waals surface area contributed by atoms with Gasteiger partial charge in [0.2, 0.25) is 0 Å². The number of nitrogens with zero attached hydrogens (tertiary/aromatic N) is 5. The van der Waals surface area contributed by atoms with Crippen molar-refractivity contribution in [2.24, 2.45) is 0 Å². The Hall–Kier alpha value is -3.30. The number of benzene rings is 2. The Balaban J connectivity index is 1.36. The van der Waals surface area contributed by atoms with Crippen LogP contribution in [-0.2, 0) is 13.2 Å². The van der Waals surface area contributed by atoms with Gasteiger partial charge in [0.1, 0.15) is 12.4 Å². The summed E-state index contributed by atoms with van der Waals surface area (Å²) >= 11 is 7.28. The maximum absolute atomic E-state index is 12.5. The second-order valence-corrected chi connectivity index (χ2v) is 7.52. The van der Waals surface area contributed by atoms with Crippen LogP contribution in [0.2, 0.25) is 5.02 Å². The molecule has 152 valence electrons. The number of rotatable bonds is 7. The van der Waals surface area contributed by atoms with E-state index in [1.165, 1.54) is 11.3 Å². The van der Waals surface area contributed by atoms with Crippen molar-refractivity contribution in [1.29, 1.82) is 0 Å². The molecule has 4 aromatic rings. The second-order valence-electron chi connectivity index (χ2n) is 6.22. The van der Waals surface area contributed by atoms with E-state index in [4.69, 9.17) is 16.3 Å². The average Bonchev–Trinajstić information content (AvgIpc) is 3.42. The van der Waals surface area contributed by atoms with Crippen LogP contribution in [0.3, 0.4) is 0 Å². The van der Waals surface area contributed by atoms with Crippen LogP contribution >= 0.6 is 22.9 Å². The van der Waals surface area contributed by atoms with E-state index in [1.807, 2.05) is 24.4 Å². The van der Waals surface area contributed by atoms with Crippen molar-refractivity contribution < 1.29 is 9.53 Å². The first-order chi connectivity index (χ1) is 14.6. The van der Waals surface area contributed by atoms with Gasteiger partial charge in [-0.3, -0.25) is 10.1 Å². The zero-order valence-corrected chi connectivity index (χ0v) is 17.5. The number of hydrogen-bond donors (Lipinski definition) is 1. The van der Waals surface area contributed by atoms with Gasteiger partial charge in [0.25, 0.3) is 5.91 Å². The molecule has 0 spiro atoms. The Morgan fingerprint density at radius 2 is 1.93 bits per heavy atom. The van der Waals surface area contributed by atoms with Crippen molar-refractivity contribution in [3.63, 3.8) is 0 Å². The number of halogens is 1. The molecular formula is C20H17ClN6O2S. The van der Waals surface area contributed by atoms with E-state index in [2.05, 4.69) is 25.8 Å². The Morgan fingerprint density at radius 3 is 2.67 bits per heavy atom. The quantitative estimate of drug-likeness (QED) is 0.460. The lowest BCUT2D eigenvalue weighted by Gasteiger charge is -2.07. The van der Waals surface area contributed by atoms with Crippen LogP contribution in [-0.4, -0.2) is 31.1 Å². The van der Waals surface area contributed by atoms with E-state index in [0.29, 0.717) is 33.8 Å². The number of amides is 1. The number of hydrogen-bond acceptors (Lipinski definition) is 7. The van der Waals surface area contributed by atoms with Crippen LogP contribution < -0.4 is 10.1 Å². The van der Waals surface area contributed by atoms with E-state index in [9.17, 15) is 4.79 Å².